The van der Waals surface area contributed by atoms with Gasteiger partial charge in [-0.2, -0.15) is 0 Å². The lowest BCUT2D eigenvalue weighted by atomic mass is 10.1. The molecule has 1 aromatic carbocycles. The molecule has 1 amide bonds. The van der Waals surface area contributed by atoms with Crippen LogP contribution in [0.3, 0.4) is 0 Å². The van der Waals surface area contributed by atoms with Crippen LogP contribution in [0.4, 0.5) is 11.4 Å². The standard InChI is InChI=1S/C16H25N3O2/c1-3-21-14-6-8-19(9-7-14)11-16(20)18-13-5-4-12(2)15(17)10-13/h4-5,10,14H,3,6-9,11,17H2,1-2H3,(H,18,20). The second kappa shape index (κ2) is 7.43. The molecular formula is C16H25N3O2. The first kappa shape index (κ1) is 15.8. The molecule has 1 saturated heterocycles. The van der Waals surface area contributed by atoms with Gasteiger partial charge >= 0.3 is 0 Å². The maximum atomic E-state index is 12.1. The summed E-state index contributed by atoms with van der Waals surface area (Å²) >= 11 is 0. The van der Waals surface area contributed by atoms with Crippen LogP contribution in [0, 0.1) is 6.92 Å². The highest BCUT2D eigenvalue weighted by Crippen LogP contribution is 2.17. The molecular weight excluding hydrogens is 266 g/mol. The van der Waals surface area contributed by atoms with E-state index in [9.17, 15) is 4.79 Å². The highest BCUT2D eigenvalue weighted by atomic mass is 16.5. The highest BCUT2D eigenvalue weighted by Gasteiger charge is 2.20. The lowest BCUT2D eigenvalue weighted by molar-refractivity contribution is -0.118. The Morgan fingerprint density at radius 3 is 2.76 bits per heavy atom. The maximum Gasteiger partial charge on any atom is 0.238 e. The largest absolute Gasteiger partial charge is 0.398 e. The lowest BCUT2D eigenvalue weighted by Crippen LogP contribution is -2.41. The van der Waals surface area contributed by atoms with Crippen molar-refractivity contribution in [1.29, 1.82) is 0 Å². The van der Waals surface area contributed by atoms with Crippen LogP contribution in [0.2, 0.25) is 0 Å². The predicted molar refractivity (Wildman–Crippen MR) is 85.3 cm³/mol. The number of hydrogen-bond donors (Lipinski definition) is 2. The van der Waals surface area contributed by atoms with E-state index in [-0.39, 0.29) is 5.91 Å². The number of benzene rings is 1. The molecule has 3 N–H and O–H groups in total. The van der Waals surface area contributed by atoms with Gasteiger partial charge in [0, 0.05) is 31.1 Å². The molecule has 1 aliphatic rings. The van der Waals surface area contributed by atoms with E-state index in [4.69, 9.17) is 10.5 Å². The number of likely N-dealkylation sites (tertiary alicyclic amines) is 1. The Balaban J connectivity index is 1.78. The lowest BCUT2D eigenvalue weighted by Gasteiger charge is -2.31. The van der Waals surface area contributed by atoms with E-state index in [0.29, 0.717) is 18.3 Å². The average Bonchev–Trinajstić information content (AvgIpc) is 2.45. The number of hydrogen-bond acceptors (Lipinski definition) is 4. The number of nitrogens with two attached hydrogens (primary N) is 1. The normalized spacial score (nSPS) is 16.9. The Morgan fingerprint density at radius 2 is 2.14 bits per heavy atom. The van der Waals surface area contributed by atoms with Gasteiger partial charge in [-0.25, -0.2) is 0 Å². The third-order valence-electron chi connectivity index (χ3n) is 3.87. The van der Waals surface area contributed by atoms with Crippen LogP contribution in [0.15, 0.2) is 18.2 Å². The number of nitrogens with zero attached hydrogens (tertiary/aromatic N) is 1. The Kier molecular flexibility index (Phi) is 5.59. The summed E-state index contributed by atoms with van der Waals surface area (Å²) in [5.74, 6) is 0.00751. The SMILES string of the molecule is CCOC1CCN(CC(=O)Nc2ccc(C)c(N)c2)CC1. The Bertz CT molecular complexity index is 482. The number of carbonyl (C=O) groups is 1. The number of aryl methyl sites for hydroxylation is 1. The van der Waals surface area contributed by atoms with E-state index in [1.165, 1.54) is 0 Å². The zero-order chi connectivity index (χ0) is 15.2. The molecule has 116 valence electrons. The van der Waals surface area contributed by atoms with Crippen LogP contribution < -0.4 is 11.1 Å². The summed E-state index contributed by atoms with van der Waals surface area (Å²) in [6.07, 6.45) is 2.35. The third kappa shape index (κ3) is 4.72. The second-order valence-electron chi connectivity index (χ2n) is 5.55. The number of carbonyl (C=O) groups excluding carboxylic acids is 1. The van der Waals surface area contributed by atoms with Gasteiger partial charge in [-0.15, -0.1) is 0 Å². The topological polar surface area (TPSA) is 67.6 Å². The van der Waals surface area contributed by atoms with Gasteiger partial charge in [0.05, 0.1) is 12.6 Å². The Labute approximate surface area is 126 Å². The van der Waals surface area contributed by atoms with E-state index in [1.54, 1.807) is 6.07 Å². The Morgan fingerprint density at radius 1 is 1.43 bits per heavy atom. The summed E-state index contributed by atoms with van der Waals surface area (Å²) in [7, 11) is 0. The van der Waals surface area contributed by atoms with Crippen molar-refractivity contribution in [2.45, 2.75) is 32.8 Å². The van der Waals surface area contributed by atoms with Crippen LogP contribution in [0.1, 0.15) is 25.3 Å². The first-order valence-corrected chi connectivity index (χ1v) is 7.58. The van der Waals surface area contributed by atoms with Gasteiger partial charge in [-0.05, 0) is 44.4 Å². The van der Waals surface area contributed by atoms with Gasteiger partial charge < -0.3 is 15.8 Å². The van der Waals surface area contributed by atoms with Gasteiger partial charge in [0.2, 0.25) is 5.91 Å². The predicted octanol–water partition coefficient (Wildman–Crippen LogP) is 2.02. The molecule has 5 heteroatoms. The zero-order valence-corrected chi connectivity index (χ0v) is 12.9. The molecule has 5 nitrogen and oxygen atoms in total. The summed E-state index contributed by atoms with van der Waals surface area (Å²) < 4.78 is 5.62. The fourth-order valence-corrected chi connectivity index (χ4v) is 2.59. The number of rotatable bonds is 5. The molecule has 2 rings (SSSR count). The van der Waals surface area contributed by atoms with E-state index in [0.717, 1.165) is 43.8 Å². The van der Waals surface area contributed by atoms with Gasteiger partial charge in [0.15, 0.2) is 0 Å². The van der Waals surface area contributed by atoms with Crippen molar-refractivity contribution < 1.29 is 9.53 Å². The molecule has 0 aliphatic carbocycles. The number of nitrogen functional groups attached to an aromatic ring is 1. The summed E-state index contributed by atoms with van der Waals surface area (Å²) in [6.45, 7) is 6.98. The van der Waals surface area contributed by atoms with Crippen LogP contribution in [0.5, 0.6) is 0 Å². The molecule has 0 unspecified atom stereocenters. The molecule has 0 radical (unpaired) electrons. The number of piperidine rings is 1. The molecule has 0 aromatic heterocycles. The van der Waals surface area contributed by atoms with Crippen LogP contribution in [-0.4, -0.2) is 43.2 Å². The number of amides is 1. The maximum absolute atomic E-state index is 12.1. The molecule has 0 spiro atoms. The van der Waals surface area contributed by atoms with Gasteiger partial charge in [0.1, 0.15) is 0 Å². The number of anilines is 2. The highest BCUT2D eigenvalue weighted by molar-refractivity contribution is 5.92. The molecule has 1 heterocycles. The van der Waals surface area contributed by atoms with E-state index < -0.39 is 0 Å². The van der Waals surface area contributed by atoms with Crippen molar-refractivity contribution in [3.8, 4) is 0 Å². The van der Waals surface area contributed by atoms with Gasteiger partial charge in [-0.3, -0.25) is 9.69 Å². The summed E-state index contributed by atoms with van der Waals surface area (Å²) in [4.78, 5) is 14.2. The molecule has 21 heavy (non-hydrogen) atoms. The van der Waals surface area contributed by atoms with E-state index in [1.807, 2.05) is 26.0 Å². The smallest absolute Gasteiger partial charge is 0.238 e. The molecule has 1 fully saturated rings. The quantitative estimate of drug-likeness (QED) is 0.814. The van der Waals surface area contributed by atoms with Crippen molar-refractivity contribution >= 4 is 17.3 Å². The fourth-order valence-electron chi connectivity index (χ4n) is 2.59. The van der Waals surface area contributed by atoms with Crippen molar-refractivity contribution in [1.82, 2.24) is 4.90 Å². The third-order valence-corrected chi connectivity index (χ3v) is 3.87. The number of ether oxygens (including phenoxy) is 1. The minimum atomic E-state index is 0.00751. The average molecular weight is 291 g/mol. The summed E-state index contributed by atoms with van der Waals surface area (Å²) in [5, 5.41) is 2.90. The molecule has 0 atom stereocenters. The number of nitrogens with one attached hydrogen (secondary N) is 1. The summed E-state index contributed by atoms with van der Waals surface area (Å²) in [6, 6.07) is 5.60. The van der Waals surface area contributed by atoms with Crippen molar-refractivity contribution in [2.75, 3.05) is 37.3 Å². The minimum Gasteiger partial charge on any atom is -0.398 e. The minimum absolute atomic E-state index is 0.00751. The molecule has 0 saturated carbocycles. The molecule has 1 aliphatic heterocycles. The van der Waals surface area contributed by atoms with Gasteiger partial charge in [-0.1, -0.05) is 6.07 Å². The van der Waals surface area contributed by atoms with Gasteiger partial charge in [0.25, 0.3) is 0 Å². The van der Waals surface area contributed by atoms with Crippen molar-refractivity contribution in [3.05, 3.63) is 23.8 Å². The van der Waals surface area contributed by atoms with Crippen LogP contribution in [-0.2, 0) is 9.53 Å². The molecule has 1 aromatic rings. The van der Waals surface area contributed by atoms with E-state index >= 15 is 0 Å². The van der Waals surface area contributed by atoms with Crippen molar-refractivity contribution in [3.63, 3.8) is 0 Å². The fraction of sp³-hybridized carbons (Fsp3) is 0.562. The van der Waals surface area contributed by atoms with Crippen LogP contribution >= 0.6 is 0 Å². The first-order chi connectivity index (χ1) is 10.1. The van der Waals surface area contributed by atoms with Crippen molar-refractivity contribution in [2.24, 2.45) is 0 Å². The van der Waals surface area contributed by atoms with E-state index in [2.05, 4.69) is 10.2 Å². The second-order valence-corrected chi connectivity index (χ2v) is 5.55. The summed E-state index contributed by atoms with van der Waals surface area (Å²) in [5.41, 5.74) is 8.32. The first-order valence-electron chi connectivity index (χ1n) is 7.58. The molecule has 0 bridgehead atoms. The monoisotopic (exact) mass is 291 g/mol. The van der Waals surface area contributed by atoms with Crippen LogP contribution in [0.25, 0.3) is 0 Å². The Hall–Kier alpha value is -1.59. The zero-order valence-electron chi connectivity index (χ0n) is 12.9.